The molecule has 0 aliphatic carbocycles. The largest absolute Gasteiger partial charge is 0.456 e. The molecule has 8 heteroatoms. The van der Waals surface area contributed by atoms with Gasteiger partial charge in [-0.1, -0.05) is 11.6 Å². The van der Waals surface area contributed by atoms with E-state index in [-0.39, 0.29) is 5.75 Å². The van der Waals surface area contributed by atoms with Crippen molar-refractivity contribution in [2.24, 2.45) is 7.05 Å². The van der Waals surface area contributed by atoms with Gasteiger partial charge in [-0.3, -0.25) is 14.8 Å². The maximum absolute atomic E-state index is 13.8. The Morgan fingerprint density at radius 1 is 1.36 bits per heavy atom. The molecule has 0 N–H and O–H groups in total. The van der Waals surface area contributed by atoms with Crippen LogP contribution in [0.4, 0.5) is 10.1 Å². The third kappa shape index (κ3) is 2.46. The molecular weight excluding hydrogens is 313 g/mol. The molecule has 0 radical (unpaired) electrons. The van der Waals surface area contributed by atoms with Gasteiger partial charge in [0.2, 0.25) is 5.82 Å². The first-order valence-corrected chi connectivity index (χ1v) is 6.57. The molecule has 0 spiro atoms. The van der Waals surface area contributed by atoms with Gasteiger partial charge in [0.25, 0.3) is 0 Å². The Morgan fingerprint density at radius 2 is 2.14 bits per heavy atom. The van der Waals surface area contributed by atoms with E-state index in [4.69, 9.17) is 16.3 Å². The van der Waals surface area contributed by atoms with E-state index in [1.807, 2.05) is 6.20 Å². The fourth-order valence-corrected chi connectivity index (χ4v) is 2.25. The molecule has 22 heavy (non-hydrogen) atoms. The lowest BCUT2D eigenvalue weighted by molar-refractivity contribution is -0.387. The number of halogens is 2. The summed E-state index contributed by atoms with van der Waals surface area (Å²) in [6, 6.07) is 7.42. The summed E-state index contributed by atoms with van der Waals surface area (Å²) in [6.45, 7) is 0. The van der Waals surface area contributed by atoms with Crippen LogP contribution in [0.5, 0.6) is 11.5 Å². The van der Waals surface area contributed by atoms with Gasteiger partial charge in [0.05, 0.1) is 10.4 Å². The van der Waals surface area contributed by atoms with Crippen LogP contribution in [0.15, 0.2) is 36.5 Å². The Morgan fingerprint density at radius 3 is 2.86 bits per heavy atom. The Hall–Kier alpha value is -2.67. The smallest absolute Gasteiger partial charge is 0.306 e. The van der Waals surface area contributed by atoms with Crippen molar-refractivity contribution < 1.29 is 14.1 Å². The van der Waals surface area contributed by atoms with E-state index >= 15 is 0 Å². The monoisotopic (exact) mass is 321 g/mol. The topological polar surface area (TPSA) is 70.2 Å². The van der Waals surface area contributed by atoms with Gasteiger partial charge in [-0.25, -0.2) is 0 Å². The van der Waals surface area contributed by atoms with Crippen LogP contribution in [0.1, 0.15) is 0 Å². The van der Waals surface area contributed by atoms with E-state index in [2.05, 4.69) is 5.10 Å². The molecule has 3 aromatic rings. The fraction of sp³-hybridized carbons (Fsp3) is 0.0714. The van der Waals surface area contributed by atoms with E-state index in [9.17, 15) is 14.5 Å². The first-order valence-electron chi connectivity index (χ1n) is 6.19. The highest BCUT2D eigenvalue weighted by Crippen LogP contribution is 2.36. The third-order valence-corrected chi connectivity index (χ3v) is 3.40. The normalized spacial score (nSPS) is 10.9. The predicted molar refractivity (Wildman–Crippen MR) is 78.9 cm³/mol. The molecule has 1 aromatic heterocycles. The van der Waals surface area contributed by atoms with E-state index in [1.165, 1.54) is 6.07 Å². The highest BCUT2D eigenvalue weighted by molar-refractivity contribution is 6.32. The highest BCUT2D eigenvalue weighted by atomic mass is 35.5. The summed E-state index contributed by atoms with van der Waals surface area (Å²) in [5, 5.41) is 15.4. The van der Waals surface area contributed by atoms with E-state index in [0.717, 1.165) is 11.5 Å². The number of aryl methyl sites for hydroxylation is 1. The van der Waals surface area contributed by atoms with Crippen LogP contribution in [-0.2, 0) is 7.05 Å². The lowest BCUT2D eigenvalue weighted by atomic mass is 10.2. The molecule has 0 saturated heterocycles. The number of rotatable bonds is 3. The van der Waals surface area contributed by atoms with Crippen LogP contribution >= 0.6 is 11.6 Å². The standard InChI is InChI=1S/C14H9ClFN3O3/c1-18-7-8-2-3-9(6-10(8)17-18)22-12-5-4-11(19(20)21)14(16)13(12)15/h2-7H,1H3. The highest BCUT2D eigenvalue weighted by Gasteiger charge is 2.21. The van der Waals surface area contributed by atoms with E-state index in [1.54, 1.807) is 29.9 Å². The summed E-state index contributed by atoms with van der Waals surface area (Å²) >= 11 is 5.79. The Bertz CT molecular complexity index is 894. The molecule has 0 bridgehead atoms. The van der Waals surface area contributed by atoms with Crippen LogP contribution in [0.3, 0.4) is 0 Å². The maximum atomic E-state index is 13.8. The Labute approximate surface area is 128 Å². The molecule has 0 atom stereocenters. The minimum absolute atomic E-state index is 0.0000442. The molecule has 0 aliphatic heterocycles. The van der Waals surface area contributed by atoms with Gasteiger partial charge in [0.1, 0.15) is 16.5 Å². The number of nitro groups is 1. The van der Waals surface area contributed by atoms with Crippen molar-refractivity contribution >= 4 is 28.2 Å². The van der Waals surface area contributed by atoms with E-state index < -0.39 is 21.5 Å². The fourth-order valence-electron chi connectivity index (χ4n) is 2.05. The minimum atomic E-state index is -1.12. The van der Waals surface area contributed by atoms with Crippen LogP contribution in [0, 0.1) is 15.9 Å². The molecule has 0 aliphatic rings. The number of hydrogen-bond donors (Lipinski definition) is 0. The van der Waals surface area contributed by atoms with Gasteiger partial charge >= 0.3 is 5.69 Å². The summed E-state index contributed by atoms with van der Waals surface area (Å²) < 4.78 is 21.0. The van der Waals surface area contributed by atoms with Crippen molar-refractivity contribution in [1.29, 1.82) is 0 Å². The number of nitro benzene ring substituents is 1. The molecule has 0 unspecified atom stereocenters. The number of hydrogen-bond acceptors (Lipinski definition) is 4. The number of nitrogens with zero attached hydrogens (tertiary/aromatic N) is 3. The van der Waals surface area contributed by atoms with Crippen LogP contribution < -0.4 is 4.74 Å². The van der Waals surface area contributed by atoms with Crippen LogP contribution in [0.25, 0.3) is 10.9 Å². The molecule has 1 heterocycles. The second-order valence-corrected chi connectivity index (χ2v) is 4.97. The van der Waals surface area contributed by atoms with Crippen molar-refractivity contribution in [2.75, 3.05) is 0 Å². The first-order chi connectivity index (χ1) is 10.5. The summed E-state index contributed by atoms with van der Waals surface area (Å²) in [4.78, 5) is 9.81. The Kier molecular flexibility index (Phi) is 3.42. The zero-order valence-electron chi connectivity index (χ0n) is 11.3. The van der Waals surface area contributed by atoms with Gasteiger partial charge in [0, 0.05) is 30.8 Å². The van der Waals surface area contributed by atoms with Crippen LogP contribution in [0.2, 0.25) is 5.02 Å². The molecule has 2 aromatic carbocycles. The minimum Gasteiger partial charge on any atom is -0.456 e. The number of benzene rings is 2. The van der Waals surface area contributed by atoms with Crippen molar-refractivity contribution in [3.05, 3.63) is 57.5 Å². The number of fused-ring (bicyclic) bond motifs is 1. The predicted octanol–water partition coefficient (Wildman–Crippen LogP) is 4.07. The third-order valence-electron chi connectivity index (χ3n) is 3.04. The summed E-state index contributed by atoms with van der Waals surface area (Å²) in [5.74, 6) is -0.718. The van der Waals surface area contributed by atoms with Gasteiger partial charge < -0.3 is 4.74 Å². The van der Waals surface area contributed by atoms with Crippen LogP contribution in [-0.4, -0.2) is 14.7 Å². The van der Waals surface area contributed by atoms with Crippen molar-refractivity contribution in [3.63, 3.8) is 0 Å². The van der Waals surface area contributed by atoms with E-state index in [0.29, 0.717) is 11.3 Å². The van der Waals surface area contributed by atoms with Gasteiger partial charge in [-0.15, -0.1) is 0 Å². The molecule has 0 amide bonds. The molecule has 0 saturated carbocycles. The zero-order valence-corrected chi connectivity index (χ0v) is 12.0. The van der Waals surface area contributed by atoms with Crippen molar-refractivity contribution in [1.82, 2.24) is 9.78 Å². The summed E-state index contributed by atoms with van der Waals surface area (Å²) in [5.41, 5.74) is 0.0102. The summed E-state index contributed by atoms with van der Waals surface area (Å²) in [7, 11) is 1.79. The maximum Gasteiger partial charge on any atom is 0.306 e. The molecular formula is C14H9ClFN3O3. The summed E-state index contributed by atoms with van der Waals surface area (Å²) in [6.07, 6.45) is 1.84. The van der Waals surface area contributed by atoms with Gasteiger partial charge in [-0.2, -0.15) is 9.49 Å². The zero-order chi connectivity index (χ0) is 15.9. The van der Waals surface area contributed by atoms with Gasteiger partial charge in [-0.05, 0) is 18.2 Å². The average molecular weight is 322 g/mol. The second-order valence-electron chi connectivity index (χ2n) is 4.59. The lowest BCUT2D eigenvalue weighted by Crippen LogP contribution is -1.95. The first kappa shape index (κ1) is 14.3. The Balaban J connectivity index is 1.97. The second kappa shape index (κ2) is 5.27. The molecule has 0 fully saturated rings. The number of aromatic nitrogens is 2. The quantitative estimate of drug-likeness (QED) is 0.538. The molecule has 3 rings (SSSR count). The SMILES string of the molecule is Cn1cc2ccc(Oc3ccc([N+](=O)[O-])c(F)c3Cl)cc2n1. The molecule has 112 valence electrons. The van der Waals surface area contributed by atoms with Gasteiger partial charge in [0.15, 0.2) is 0 Å². The molecule has 6 nitrogen and oxygen atoms in total. The lowest BCUT2D eigenvalue weighted by Gasteiger charge is -2.08. The van der Waals surface area contributed by atoms with Crippen molar-refractivity contribution in [3.8, 4) is 11.5 Å². The number of ether oxygens (including phenoxy) is 1. The van der Waals surface area contributed by atoms with Crippen molar-refractivity contribution in [2.45, 2.75) is 0 Å². The average Bonchev–Trinajstić information content (AvgIpc) is 2.83.